The zero-order chi connectivity index (χ0) is 31.8. The van der Waals surface area contributed by atoms with Crippen LogP contribution in [0.2, 0.25) is 5.02 Å². The van der Waals surface area contributed by atoms with Crippen molar-refractivity contribution in [1.82, 2.24) is 10.3 Å². The molecule has 0 bridgehead atoms. The van der Waals surface area contributed by atoms with Crippen molar-refractivity contribution < 1.29 is 32.1 Å². The van der Waals surface area contributed by atoms with Crippen LogP contribution in [0.25, 0.3) is 0 Å². The van der Waals surface area contributed by atoms with E-state index in [1.165, 1.54) is 47.7 Å². The summed E-state index contributed by atoms with van der Waals surface area (Å²) in [4.78, 5) is 35.2. The molecule has 1 unspecified atom stereocenters. The van der Waals surface area contributed by atoms with Crippen molar-refractivity contribution >= 4 is 45.7 Å². The molecule has 0 spiro atoms. The maximum atomic E-state index is 15.0. The van der Waals surface area contributed by atoms with Gasteiger partial charge in [-0.15, -0.1) is 0 Å². The summed E-state index contributed by atoms with van der Waals surface area (Å²) >= 11 is 6.53. The van der Waals surface area contributed by atoms with Gasteiger partial charge in [0.05, 0.1) is 11.6 Å². The summed E-state index contributed by atoms with van der Waals surface area (Å²) in [5.41, 5.74) is 0.214. The average Bonchev–Trinajstić information content (AvgIpc) is 3.36. The summed E-state index contributed by atoms with van der Waals surface area (Å²) in [6, 6.07) is 10.7. The van der Waals surface area contributed by atoms with Gasteiger partial charge in [-0.1, -0.05) is 29.8 Å². The molecule has 3 aromatic rings. The largest absolute Gasteiger partial charge is 0.374 e. The number of alkyl halides is 2. The van der Waals surface area contributed by atoms with E-state index in [1.807, 2.05) is 6.07 Å². The number of benzene rings is 2. The first-order valence-electron chi connectivity index (χ1n) is 13.6. The molecule has 2 amide bonds. The minimum atomic E-state index is -2.94. The van der Waals surface area contributed by atoms with Gasteiger partial charge in [0.1, 0.15) is 29.9 Å². The van der Waals surface area contributed by atoms with E-state index < -0.39 is 71.5 Å². The second-order valence-corrected chi connectivity index (χ2v) is 12.5. The number of carbonyl (C=O) groups excluding carboxylic acids is 2. The molecular formula is C30H27ClF3N5O4S. The third kappa shape index (κ3) is 6.43. The maximum absolute atomic E-state index is 15.0. The Morgan fingerprint density at radius 3 is 2.59 bits per heavy atom. The molecule has 2 aromatic carbocycles. The van der Waals surface area contributed by atoms with E-state index >= 15 is 4.39 Å². The standard InChI is InChI=1S/C30H27ClF3N5O4S/c1-44(43)21-12-18(32)11-20(13-21)38(29(42)24-6-7-26(40)39(24)25-10-17(16-35)8-9-36-25)27(22-4-2-3-5-23(22)31)28(41)37-19-14-30(33,34)15-19/h2-5,8-13,19,24,26-27,40H,6-7,14-15H2,1H3,(H,37,41)/t24-,26?,27-,44-/m0/s1. The Kier molecular flexibility index (Phi) is 8.97. The summed E-state index contributed by atoms with van der Waals surface area (Å²) in [6.07, 6.45) is 0.501. The van der Waals surface area contributed by atoms with Crippen LogP contribution >= 0.6 is 11.6 Å². The molecule has 1 aliphatic heterocycles. The number of nitriles is 1. The van der Waals surface area contributed by atoms with Crippen LogP contribution in [-0.4, -0.2) is 56.6 Å². The highest BCUT2D eigenvalue weighted by molar-refractivity contribution is 7.84. The van der Waals surface area contributed by atoms with Gasteiger partial charge in [0.15, 0.2) is 0 Å². The van der Waals surface area contributed by atoms with Crippen LogP contribution in [0.5, 0.6) is 0 Å². The van der Waals surface area contributed by atoms with E-state index in [4.69, 9.17) is 11.6 Å². The normalized spacial score (nSPS) is 20.7. The van der Waals surface area contributed by atoms with Gasteiger partial charge in [-0.2, -0.15) is 5.26 Å². The van der Waals surface area contributed by atoms with E-state index in [9.17, 15) is 32.9 Å². The van der Waals surface area contributed by atoms with Crippen LogP contribution in [0.15, 0.2) is 65.7 Å². The number of hydrogen-bond acceptors (Lipinski definition) is 7. The smallest absolute Gasteiger partial charge is 0.252 e. The second-order valence-electron chi connectivity index (χ2n) is 10.7. The Labute approximate surface area is 258 Å². The van der Waals surface area contributed by atoms with Gasteiger partial charge in [0, 0.05) is 63.3 Å². The molecule has 5 rings (SSSR count). The molecule has 9 nitrogen and oxygen atoms in total. The van der Waals surface area contributed by atoms with Crippen LogP contribution < -0.4 is 15.1 Å². The number of aromatic nitrogens is 1. The van der Waals surface area contributed by atoms with Gasteiger partial charge in [-0.05, 0) is 49.2 Å². The van der Waals surface area contributed by atoms with Gasteiger partial charge >= 0.3 is 0 Å². The Morgan fingerprint density at radius 1 is 1.20 bits per heavy atom. The fourth-order valence-electron chi connectivity index (χ4n) is 5.53. The number of nitrogens with zero attached hydrogens (tertiary/aromatic N) is 4. The molecule has 1 aromatic heterocycles. The number of aliphatic hydroxyl groups excluding tert-OH is 1. The molecule has 1 saturated heterocycles. The van der Waals surface area contributed by atoms with Crippen LogP contribution in [-0.2, 0) is 20.4 Å². The van der Waals surface area contributed by atoms with E-state index in [-0.39, 0.29) is 45.4 Å². The number of anilines is 2. The van der Waals surface area contributed by atoms with E-state index in [1.54, 1.807) is 12.1 Å². The van der Waals surface area contributed by atoms with Crippen molar-refractivity contribution in [2.75, 3.05) is 16.1 Å². The third-order valence-corrected chi connectivity index (χ3v) is 8.87. The van der Waals surface area contributed by atoms with Crippen LogP contribution in [0.4, 0.5) is 24.7 Å². The number of hydrogen-bond donors (Lipinski definition) is 2. The topological polar surface area (TPSA) is 127 Å². The number of carbonyl (C=O) groups is 2. The zero-order valence-corrected chi connectivity index (χ0v) is 24.9. The molecule has 230 valence electrons. The Hall–Kier alpha value is -3.99. The maximum Gasteiger partial charge on any atom is 0.252 e. The summed E-state index contributed by atoms with van der Waals surface area (Å²) in [6.45, 7) is 0. The zero-order valence-electron chi connectivity index (χ0n) is 23.3. The fraction of sp³-hybridized carbons (Fsp3) is 0.333. The van der Waals surface area contributed by atoms with Gasteiger partial charge in [0.25, 0.3) is 11.8 Å². The van der Waals surface area contributed by atoms with Crippen molar-refractivity contribution in [1.29, 1.82) is 5.26 Å². The molecule has 2 fully saturated rings. The van der Waals surface area contributed by atoms with Crippen molar-refractivity contribution in [2.24, 2.45) is 0 Å². The number of halogens is 4. The molecule has 4 atom stereocenters. The number of aliphatic hydroxyl groups is 1. The first kappa shape index (κ1) is 31.4. The number of pyridine rings is 1. The summed E-state index contributed by atoms with van der Waals surface area (Å²) in [5.74, 6) is -5.28. The highest BCUT2D eigenvalue weighted by Gasteiger charge is 2.48. The molecule has 0 radical (unpaired) electrons. The van der Waals surface area contributed by atoms with Crippen molar-refractivity contribution in [3.05, 3.63) is 82.8 Å². The number of amides is 2. The highest BCUT2D eigenvalue weighted by atomic mass is 35.5. The second kappa shape index (κ2) is 12.6. The molecule has 44 heavy (non-hydrogen) atoms. The van der Waals surface area contributed by atoms with E-state index in [2.05, 4.69) is 10.3 Å². The minimum absolute atomic E-state index is 0.0291. The van der Waals surface area contributed by atoms with Gasteiger partial charge in [0.2, 0.25) is 5.91 Å². The SMILES string of the molecule is C[S@](=O)c1cc(F)cc(N(C(=O)[C@@H]2CCC(O)N2c2cc(C#N)ccn2)[C@H](C(=O)NC2CC(F)(F)C2)c2ccccc2Cl)c1. The molecule has 2 heterocycles. The lowest BCUT2D eigenvalue weighted by Crippen LogP contribution is -2.56. The predicted octanol–water partition coefficient (Wildman–Crippen LogP) is 4.46. The third-order valence-electron chi connectivity index (χ3n) is 7.63. The van der Waals surface area contributed by atoms with Crippen LogP contribution in [0.3, 0.4) is 0 Å². The lowest BCUT2D eigenvalue weighted by molar-refractivity contribution is -0.133. The molecule has 1 saturated carbocycles. The van der Waals surface area contributed by atoms with Crippen molar-refractivity contribution in [2.45, 2.75) is 60.9 Å². The number of nitrogens with one attached hydrogen (secondary N) is 1. The van der Waals surface area contributed by atoms with Gasteiger partial charge in [-0.3, -0.25) is 18.7 Å². The summed E-state index contributed by atoms with van der Waals surface area (Å²) in [5, 5.41) is 23.0. The summed E-state index contributed by atoms with van der Waals surface area (Å²) in [7, 11) is -1.69. The van der Waals surface area contributed by atoms with Crippen LogP contribution in [0, 0.1) is 17.1 Å². The quantitative estimate of drug-likeness (QED) is 0.370. The van der Waals surface area contributed by atoms with E-state index in [0.29, 0.717) is 0 Å². The average molecular weight is 646 g/mol. The molecular weight excluding hydrogens is 619 g/mol. The predicted molar refractivity (Wildman–Crippen MR) is 157 cm³/mol. The lowest BCUT2D eigenvalue weighted by atomic mass is 9.87. The van der Waals surface area contributed by atoms with Crippen LogP contribution in [0.1, 0.15) is 42.9 Å². The minimum Gasteiger partial charge on any atom is -0.374 e. The Bertz CT molecular complexity index is 1660. The number of rotatable bonds is 8. The molecule has 2 N–H and O–H groups in total. The van der Waals surface area contributed by atoms with Crippen molar-refractivity contribution in [3.8, 4) is 6.07 Å². The molecule has 2 aliphatic rings. The first-order valence-corrected chi connectivity index (χ1v) is 15.5. The van der Waals surface area contributed by atoms with E-state index in [0.717, 1.165) is 17.0 Å². The monoisotopic (exact) mass is 645 g/mol. The Balaban J connectivity index is 1.66. The first-order chi connectivity index (χ1) is 20.9. The van der Waals surface area contributed by atoms with Gasteiger partial charge < -0.3 is 15.3 Å². The van der Waals surface area contributed by atoms with Gasteiger partial charge in [-0.25, -0.2) is 18.2 Å². The molecule has 14 heteroatoms. The van der Waals surface area contributed by atoms with Crippen molar-refractivity contribution in [3.63, 3.8) is 0 Å². The lowest BCUT2D eigenvalue weighted by Gasteiger charge is -2.39. The Morgan fingerprint density at radius 2 is 1.93 bits per heavy atom. The fourth-order valence-corrected chi connectivity index (χ4v) is 6.34. The highest BCUT2D eigenvalue weighted by Crippen LogP contribution is 2.40. The molecule has 1 aliphatic carbocycles. The summed E-state index contributed by atoms with van der Waals surface area (Å²) < 4.78 is 54.8.